The molecule has 3 N–H and O–H groups in total. The van der Waals surface area contributed by atoms with Gasteiger partial charge in [-0.15, -0.1) is 6.61 Å². The number of rotatable bonds is 2. The molecule has 0 spiro atoms. The van der Waals surface area contributed by atoms with Crippen molar-refractivity contribution in [2.75, 3.05) is 6.61 Å². The van der Waals surface area contributed by atoms with Crippen molar-refractivity contribution in [3.05, 3.63) is 11.5 Å². The number of aliphatic hydroxyl groups excluding tert-OH is 3. The summed E-state index contributed by atoms with van der Waals surface area (Å²) in [7, 11) is 0. The van der Waals surface area contributed by atoms with Crippen molar-refractivity contribution in [1.29, 1.82) is 0 Å². The molecule has 0 aliphatic carbocycles. The topological polar surface area (TPSA) is 110 Å². The molecule has 0 saturated carbocycles. The zero-order chi connectivity index (χ0) is 9.30. The van der Waals surface area contributed by atoms with Gasteiger partial charge in [0.15, 0.2) is 11.9 Å². The zero-order valence-electron chi connectivity index (χ0n) is 6.93. The van der Waals surface area contributed by atoms with E-state index in [9.17, 15) is 9.90 Å². The summed E-state index contributed by atoms with van der Waals surface area (Å²) in [5, 5.41) is 36.6. The summed E-state index contributed by atoms with van der Waals surface area (Å²) in [5.41, 5.74) is 0. The number of aliphatic hydroxyl groups is 3. The van der Waals surface area contributed by atoms with E-state index in [1.807, 2.05) is 0 Å². The van der Waals surface area contributed by atoms with Crippen LogP contribution in [0.4, 0.5) is 0 Å². The molecule has 0 fully saturated rings. The minimum atomic E-state index is -1.53. The van der Waals surface area contributed by atoms with Gasteiger partial charge in [-0.1, -0.05) is 0 Å². The fourth-order valence-corrected chi connectivity index (χ4v) is 0.814. The number of carbonyl (C=O) groups excluding carboxylic acids is 1. The smallest absolute Gasteiger partial charge is 0.853 e. The Kier molecular flexibility index (Phi) is 5.45. The number of carbonyl (C=O) groups is 1. The minimum Gasteiger partial charge on any atom is -0.853 e. The second-order valence-electron chi connectivity index (χ2n) is 2.29. The van der Waals surface area contributed by atoms with E-state index in [-0.39, 0.29) is 51.4 Å². The zero-order valence-corrected chi connectivity index (χ0v) is 10.1. The van der Waals surface area contributed by atoms with Gasteiger partial charge >= 0.3 is 57.4 Å². The number of hydrogen-bond acceptors (Lipinski definition) is 6. The molecule has 1 rings (SSSR count). The van der Waals surface area contributed by atoms with Gasteiger partial charge in [-0.05, 0) is 0 Å². The van der Waals surface area contributed by atoms with Gasteiger partial charge in [0.2, 0.25) is 5.76 Å². The van der Waals surface area contributed by atoms with E-state index in [4.69, 9.17) is 15.3 Å². The van der Waals surface area contributed by atoms with E-state index in [0.717, 1.165) is 0 Å². The first-order valence-corrected chi connectivity index (χ1v) is 3.17. The Morgan fingerprint density at radius 2 is 2.08 bits per heavy atom. The molecule has 7 heteroatoms. The molecule has 2 atom stereocenters. The van der Waals surface area contributed by atoms with Crippen LogP contribution in [0.25, 0.3) is 0 Å². The van der Waals surface area contributed by atoms with Crippen molar-refractivity contribution < 1.29 is 81.3 Å². The Morgan fingerprint density at radius 1 is 1.54 bits per heavy atom. The molecule has 0 bridgehead atoms. The predicted octanol–water partition coefficient (Wildman–Crippen LogP) is -5.04. The van der Waals surface area contributed by atoms with Gasteiger partial charge in [0.05, 0.1) is 6.10 Å². The molecule has 13 heavy (non-hydrogen) atoms. The summed E-state index contributed by atoms with van der Waals surface area (Å²) in [6, 6.07) is 0. The van der Waals surface area contributed by atoms with Crippen molar-refractivity contribution in [1.82, 2.24) is 0 Å². The first-order chi connectivity index (χ1) is 5.57. The van der Waals surface area contributed by atoms with E-state index in [1.165, 1.54) is 0 Å². The Hall–Kier alpha value is 0.366. The van der Waals surface area contributed by atoms with E-state index < -0.39 is 36.3 Å². The number of cyclic esters (lactones) is 1. The number of esters is 1. The normalized spacial score (nSPS) is 23.8. The van der Waals surface area contributed by atoms with Gasteiger partial charge in [0.25, 0.3) is 0 Å². The van der Waals surface area contributed by atoms with E-state index in [0.29, 0.717) is 0 Å². The molecule has 68 valence electrons. The second-order valence-corrected chi connectivity index (χ2v) is 2.29. The molecular weight excluding hydrogens is 207 g/mol. The third kappa shape index (κ3) is 2.66. The van der Waals surface area contributed by atoms with Crippen molar-refractivity contribution in [3.8, 4) is 0 Å². The number of ether oxygens (including phenoxy) is 1. The van der Waals surface area contributed by atoms with Gasteiger partial charge < -0.3 is 25.2 Å². The van der Waals surface area contributed by atoms with Gasteiger partial charge in [0, 0.05) is 0 Å². The Morgan fingerprint density at radius 3 is 2.38 bits per heavy atom. The third-order valence-electron chi connectivity index (χ3n) is 1.46. The molecule has 1 aliphatic heterocycles. The third-order valence-corrected chi connectivity index (χ3v) is 1.46. The fourth-order valence-electron chi connectivity index (χ4n) is 0.814. The molecular formula is C6H7KO6. The van der Waals surface area contributed by atoms with Gasteiger partial charge in [0.1, 0.15) is 0 Å². The van der Waals surface area contributed by atoms with Crippen LogP contribution in [0.2, 0.25) is 0 Å². The van der Waals surface area contributed by atoms with Crippen LogP contribution >= 0.6 is 0 Å². The standard InChI is InChI=1S/C6H7O6.K/c7-1-2(8)5-3(9)4(10)6(11)12-5;/h2,5,8-10H,1H2;/q-1;+1/t2-,5+;/m0./s1. The number of hydrogen-bond donors (Lipinski definition) is 3. The van der Waals surface area contributed by atoms with Crippen LogP contribution in [0.1, 0.15) is 0 Å². The summed E-state index contributed by atoms with van der Waals surface area (Å²) in [4.78, 5) is 10.5. The largest absolute Gasteiger partial charge is 1.00 e. The maximum Gasteiger partial charge on any atom is 1.00 e. The summed E-state index contributed by atoms with van der Waals surface area (Å²) >= 11 is 0. The Labute approximate surface area is 116 Å². The molecule has 0 aromatic heterocycles. The van der Waals surface area contributed by atoms with Crippen LogP contribution in [0.5, 0.6) is 0 Å². The molecule has 6 nitrogen and oxygen atoms in total. The second kappa shape index (κ2) is 5.30. The van der Waals surface area contributed by atoms with E-state index in [2.05, 4.69) is 4.74 Å². The Bertz CT molecular complexity index is 237. The summed E-state index contributed by atoms with van der Waals surface area (Å²) in [6.07, 6.45) is -2.95. The molecule has 0 radical (unpaired) electrons. The predicted molar refractivity (Wildman–Crippen MR) is 33.0 cm³/mol. The Balaban J connectivity index is 0.00000144. The molecule has 0 aromatic carbocycles. The van der Waals surface area contributed by atoms with E-state index >= 15 is 0 Å². The van der Waals surface area contributed by atoms with Crippen molar-refractivity contribution >= 4 is 5.97 Å². The maximum atomic E-state index is 10.5. The van der Waals surface area contributed by atoms with Gasteiger partial charge in [-0.2, -0.15) is 0 Å². The summed E-state index contributed by atoms with van der Waals surface area (Å²) < 4.78 is 4.28. The maximum absolute atomic E-state index is 10.5. The van der Waals surface area contributed by atoms with Gasteiger partial charge in [-0.3, -0.25) is 0 Å². The van der Waals surface area contributed by atoms with E-state index in [1.54, 1.807) is 0 Å². The van der Waals surface area contributed by atoms with Gasteiger partial charge in [-0.25, -0.2) is 4.79 Å². The molecule has 1 aliphatic rings. The van der Waals surface area contributed by atoms with Crippen LogP contribution in [0.3, 0.4) is 0 Å². The summed E-state index contributed by atoms with van der Waals surface area (Å²) in [5.74, 6) is -2.87. The molecule has 0 amide bonds. The van der Waals surface area contributed by atoms with Crippen molar-refractivity contribution in [2.45, 2.75) is 12.2 Å². The van der Waals surface area contributed by atoms with Crippen LogP contribution in [0, 0.1) is 0 Å². The molecule has 0 aromatic rings. The minimum absolute atomic E-state index is 0. The molecule has 0 saturated heterocycles. The van der Waals surface area contributed by atoms with Crippen molar-refractivity contribution in [2.24, 2.45) is 0 Å². The molecule has 0 unspecified atom stereocenters. The monoisotopic (exact) mass is 214 g/mol. The average molecular weight is 214 g/mol. The van der Waals surface area contributed by atoms with Crippen molar-refractivity contribution in [3.63, 3.8) is 0 Å². The molecule has 1 heterocycles. The van der Waals surface area contributed by atoms with Crippen LogP contribution in [-0.2, 0) is 9.53 Å². The first kappa shape index (κ1) is 13.4. The van der Waals surface area contributed by atoms with Crippen LogP contribution in [-0.4, -0.2) is 40.1 Å². The summed E-state index contributed by atoms with van der Waals surface area (Å²) in [6.45, 7) is -0.921. The first-order valence-electron chi connectivity index (χ1n) is 3.17. The fraction of sp³-hybridized carbons (Fsp3) is 0.500. The van der Waals surface area contributed by atoms with Crippen LogP contribution in [0.15, 0.2) is 11.5 Å². The quantitative estimate of drug-likeness (QED) is 0.313. The SMILES string of the molecule is O=C1O[C@H]([C@@H](O)C[O-])C(O)=C1O.[K+]. The van der Waals surface area contributed by atoms with Crippen LogP contribution < -0.4 is 56.5 Å². The average Bonchev–Trinajstić information content (AvgIpc) is 2.32.